The Labute approximate surface area is 173 Å². The molecule has 0 radical (unpaired) electrons. The number of hydrogen-bond acceptors (Lipinski definition) is 3. The van der Waals surface area contributed by atoms with Gasteiger partial charge in [0.25, 0.3) is 0 Å². The molecular formula is C23H25F3N2O2. The first-order chi connectivity index (χ1) is 13.9. The molecule has 3 rings (SSSR count). The lowest BCUT2D eigenvalue weighted by Crippen LogP contribution is -2.20. The third-order valence-corrected chi connectivity index (χ3v) is 5.13. The van der Waals surface area contributed by atoms with Gasteiger partial charge in [-0.3, -0.25) is 4.79 Å². The maximum Gasteiger partial charge on any atom is 0.449 e. The van der Waals surface area contributed by atoms with Crippen LogP contribution in [0.4, 0.5) is 13.2 Å². The van der Waals surface area contributed by atoms with Crippen LogP contribution in [0.2, 0.25) is 0 Å². The summed E-state index contributed by atoms with van der Waals surface area (Å²) in [7, 11) is 0. The number of carbonyl (C=O) groups excluding carboxylic acids is 1. The van der Waals surface area contributed by atoms with E-state index in [9.17, 15) is 18.0 Å². The Hall–Kier alpha value is -2.83. The Balaban J connectivity index is 1.81. The van der Waals surface area contributed by atoms with Crippen molar-refractivity contribution in [2.24, 2.45) is 0 Å². The zero-order chi connectivity index (χ0) is 22.3. The second-order valence-electron chi connectivity index (χ2n) is 8.51. The van der Waals surface area contributed by atoms with Crippen molar-refractivity contribution >= 4 is 17.0 Å². The number of aryl methyl sites for hydroxylation is 2. The van der Waals surface area contributed by atoms with Crippen molar-refractivity contribution in [3.05, 3.63) is 64.5 Å². The number of fused-ring (bicyclic) bond motifs is 1. The fourth-order valence-electron chi connectivity index (χ4n) is 3.43. The van der Waals surface area contributed by atoms with Gasteiger partial charge in [-0.15, -0.1) is 0 Å². The number of alkyl halides is 3. The summed E-state index contributed by atoms with van der Waals surface area (Å²) in [5.41, 5.74) is 4.41. The SMILES string of the molecule is Cc1cc(C(C)(C)C)cc(C)c1COC(=O)Cn1c(C(F)(F)F)nc2ccccc21. The van der Waals surface area contributed by atoms with E-state index in [0.29, 0.717) is 0 Å². The van der Waals surface area contributed by atoms with Gasteiger partial charge in [-0.2, -0.15) is 13.2 Å². The summed E-state index contributed by atoms with van der Waals surface area (Å²) in [5.74, 6) is -1.86. The lowest BCUT2D eigenvalue weighted by Gasteiger charge is -2.22. The molecule has 0 saturated carbocycles. The molecule has 0 aliphatic heterocycles. The maximum atomic E-state index is 13.4. The number of esters is 1. The molecule has 1 heterocycles. The number of ether oxygens (including phenoxy) is 1. The Morgan fingerprint density at radius 2 is 1.67 bits per heavy atom. The van der Waals surface area contributed by atoms with Crippen LogP contribution in [-0.2, 0) is 34.3 Å². The highest BCUT2D eigenvalue weighted by molar-refractivity contribution is 5.79. The number of imidazole rings is 1. The molecule has 30 heavy (non-hydrogen) atoms. The molecule has 0 saturated heterocycles. The number of benzene rings is 2. The first-order valence-electron chi connectivity index (χ1n) is 9.66. The minimum absolute atomic E-state index is 0.00883. The predicted octanol–water partition coefficient (Wildman–Crippen LogP) is 5.71. The van der Waals surface area contributed by atoms with E-state index in [1.807, 2.05) is 13.8 Å². The van der Waals surface area contributed by atoms with E-state index in [1.165, 1.54) is 17.7 Å². The van der Waals surface area contributed by atoms with Gasteiger partial charge in [0.05, 0.1) is 11.0 Å². The van der Waals surface area contributed by atoms with Crippen LogP contribution in [0.5, 0.6) is 0 Å². The second-order valence-corrected chi connectivity index (χ2v) is 8.51. The molecule has 0 fully saturated rings. The summed E-state index contributed by atoms with van der Waals surface area (Å²) in [6, 6.07) is 10.3. The number of carbonyl (C=O) groups is 1. The summed E-state index contributed by atoms with van der Waals surface area (Å²) in [6.45, 7) is 9.69. The van der Waals surface area contributed by atoms with E-state index in [0.717, 1.165) is 21.3 Å². The molecule has 7 heteroatoms. The molecule has 0 N–H and O–H groups in total. The molecule has 0 unspecified atom stereocenters. The summed E-state index contributed by atoms with van der Waals surface area (Å²) in [6.07, 6.45) is -4.67. The van der Waals surface area contributed by atoms with Crippen LogP contribution in [0, 0.1) is 13.8 Å². The molecule has 4 nitrogen and oxygen atoms in total. The highest BCUT2D eigenvalue weighted by Crippen LogP contribution is 2.32. The summed E-state index contributed by atoms with van der Waals surface area (Å²) < 4.78 is 46.4. The van der Waals surface area contributed by atoms with Crippen molar-refractivity contribution in [3.8, 4) is 0 Å². The van der Waals surface area contributed by atoms with E-state index < -0.39 is 24.5 Å². The van der Waals surface area contributed by atoms with Crippen molar-refractivity contribution in [1.29, 1.82) is 0 Å². The maximum absolute atomic E-state index is 13.4. The van der Waals surface area contributed by atoms with Gasteiger partial charge in [0, 0.05) is 0 Å². The molecule has 1 aromatic heterocycles. The van der Waals surface area contributed by atoms with Crippen molar-refractivity contribution < 1.29 is 22.7 Å². The van der Waals surface area contributed by atoms with Crippen LogP contribution in [0.15, 0.2) is 36.4 Å². The average molecular weight is 418 g/mol. The van der Waals surface area contributed by atoms with Crippen LogP contribution in [0.1, 0.15) is 48.8 Å². The minimum atomic E-state index is -4.67. The minimum Gasteiger partial charge on any atom is -0.459 e. The number of nitrogens with zero attached hydrogens (tertiary/aromatic N) is 2. The summed E-state index contributed by atoms with van der Waals surface area (Å²) in [4.78, 5) is 16.1. The molecule has 0 atom stereocenters. The largest absolute Gasteiger partial charge is 0.459 e. The van der Waals surface area contributed by atoms with Crippen LogP contribution in [-0.4, -0.2) is 15.5 Å². The molecule has 0 bridgehead atoms. The third kappa shape index (κ3) is 4.50. The lowest BCUT2D eigenvalue weighted by atomic mass is 9.84. The zero-order valence-electron chi connectivity index (χ0n) is 17.7. The van der Waals surface area contributed by atoms with E-state index in [1.54, 1.807) is 12.1 Å². The molecule has 0 spiro atoms. The smallest absolute Gasteiger partial charge is 0.449 e. The third-order valence-electron chi connectivity index (χ3n) is 5.13. The van der Waals surface area contributed by atoms with Crippen LogP contribution in [0.3, 0.4) is 0 Å². The fourth-order valence-corrected chi connectivity index (χ4v) is 3.43. The van der Waals surface area contributed by atoms with Gasteiger partial charge in [0.15, 0.2) is 0 Å². The normalized spacial score (nSPS) is 12.4. The first-order valence-corrected chi connectivity index (χ1v) is 9.66. The van der Waals surface area contributed by atoms with Crippen LogP contribution in [0.25, 0.3) is 11.0 Å². The molecule has 3 aromatic rings. The number of hydrogen-bond donors (Lipinski definition) is 0. The molecule has 0 aliphatic rings. The van der Waals surface area contributed by atoms with Crippen molar-refractivity contribution in [3.63, 3.8) is 0 Å². The number of halogens is 3. The first kappa shape index (κ1) is 21.9. The van der Waals surface area contributed by atoms with Crippen molar-refractivity contribution in [2.75, 3.05) is 0 Å². The number of rotatable bonds is 4. The van der Waals surface area contributed by atoms with Gasteiger partial charge in [-0.1, -0.05) is 45.0 Å². The van der Waals surface area contributed by atoms with E-state index in [-0.39, 0.29) is 23.1 Å². The van der Waals surface area contributed by atoms with Gasteiger partial charge in [-0.05, 0) is 53.6 Å². The number of para-hydroxylation sites is 2. The molecule has 0 aliphatic carbocycles. The number of aromatic nitrogens is 2. The standard InChI is InChI=1S/C23H25F3N2O2/c1-14-10-16(22(3,4)5)11-15(2)17(14)13-30-20(29)12-28-19-9-7-6-8-18(19)27-21(28)23(24,25)26/h6-11H,12-13H2,1-5H3. The average Bonchev–Trinajstić information content (AvgIpc) is 2.99. The highest BCUT2D eigenvalue weighted by Gasteiger charge is 2.38. The fraction of sp³-hybridized carbons (Fsp3) is 0.391. The topological polar surface area (TPSA) is 44.1 Å². The Morgan fingerprint density at radius 3 is 2.23 bits per heavy atom. The Kier molecular flexibility index (Phi) is 5.67. The van der Waals surface area contributed by atoms with Gasteiger partial charge in [-0.25, -0.2) is 4.98 Å². The monoisotopic (exact) mass is 418 g/mol. The summed E-state index contributed by atoms with van der Waals surface area (Å²) in [5, 5.41) is 0. The quantitative estimate of drug-likeness (QED) is 0.510. The van der Waals surface area contributed by atoms with E-state index >= 15 is 0 Å². The molecule has 2 aromatic carbocycles. The molecule has 0 amide bonds. The lowest BCUT2D eigenvalue weighted by molar-refractivity contribution is -0.151. The zero-order valence-corrected chi connectivity index (χ0v) is 17.7. The van der Waals surface area contributed by atoms with Gasteiger partial charge in [0.2, 0.25) is 5.82 Å². The van der Waals surface area contributed by atoms with E-state index in [4.69, 9.17) is 4.74 Å². The van der Waals surface area contributed by atoms with Gasteiger partial charge >= 0.3 is 12.1 Å². The van der Waals surface area contributed by atoms with Crippen molar-refractivity contribution in [1.82, 2.24) is 9.55 Å². The van der Waals surface area contributed by atoms with Crippen molar-refractivity contribution in [2.45, 2.75) is 59.4 Å². The Bertz CT molecular complexity index is 1070. The van der Waals surface area contributed by atoms with Gasteiger partial charge < -0.3 is 9.30 Å². The van der Waals surface area contributed by atoms with E-state index in [2.05, 4.69) is 37.9 Å². The van der Waals surface area contributed by atoms with Crippen LogP contribution >= 0.6 is 0 Å². The second kappa shape index (κ2) is 7.78. The molecule has 160 valence electrons. The van der Waals surface area contributed by atoms with Gasteiger partial charge in [0.1, 0.15) is 13.2 Å². The van der Waals surface area contributed by atoms with Crippen LogP contribution < -0.4 is 0 Å². The highest BCUT2D eigenvalue weighted by atomic mass is 19.4. The predicted molar refractivity (Wildman–Crippen MR) is 109 cm³/mol. The molecular weight excluding hydrogens is 393 g/mol. The summed E-state index contributed by atoms with van der Waals surface area (Å²) >= 11 is 0. The Morgan fingerprint density at radius 1 is 1.07 bits per heavy atom.